The first-order valence-electron chi connectivity index (χ1n) is 11.0. The monoisotopic (exact) mass is 417 g/mol. The normalized spacial score (nSPS) is 16.1. The van der Waals surface area contributed by atoms with Gasteiger partial charge in [0.15, 0.2) is 5.96 Å². The molecule has 6 heteroatoms. The lowest BCUT2D eigenvalue weighted by Gasteiger charge is -2.27. The molecule has 2 aromatic carbocycles. The zero-order valence-corrected chi connectivity index (χ0v) is 18.3. The van der Waals surface area contributed by atoms with Crippen LogP contribution in [0.25, 0.3) is 10.9 Å². The minimum Gasteiger partial charge on any atom is -0.361 e. The first-order valence-corrected chi connectivity index (χ1v) is 11.0. The van der Waals surface area contributed by atoms with Gasteiger partial charge in [0, 0.05) is 43.8 Å². The third-order valence-corrected chi connectivity index (χ3v) is 5.92. The average Bonchev–Trinajstić information content (AvgIpc) is 3.20. The van der Waals surface area contributed by atoms with Crippen molar-refractivity contribution < 1.29 is 4.79 Å². The van der Waals surface area contributed by atoms with E-state index in [0.717, 1.165) is 37.7 Å². The largest absolute Gasteiger partial charge is 0.361 e. The van der Waals surface area contributed by atoms with Crippen molar-refractivity contribution in [1.29, 1.82) is 0 Å². The SMILES string of the molecule is CN(C)C(=O)CN=C(NCCc1c[nH]c2ccccc12)NC1CCc2ccccc2C1. The summed E-state index contributed by atoms with van der Waals surface area (Å²) in [5, 5.41) is 8.26. The predicted octanol–water partition coefficient (Wildman–Crippen LogP) is 2.89. The number of hydrogen-bond acceptors (Lipinski definition) is 2. The van der Waals surface area contributed by atoms with Gasteiger partial charge in [-0.25, -0.2) is 4.99 Å². The number of H-pyrrole nitrogens is 1. The highest BCUT2D eigenvalue weighted by atomic mass is 16.2. The van der Waals surface area contributed by atoms with Crippen LogP contribution < -0.4 is 10.6 Å². The van der Waals surface area contributed by atoms with Crippen LogP contribution in [0.3, 0.4) is 0 Å². The fourth-order valence-electron chi connectivity index (χ4n) is 4.11. The smallest absolute Gasteiger partial charge is 0.243 e. The van der Waals surface area contributed by atoms with Gasteiger partial charge in [-0.2, -0.15) is 0 Å². The van der Waals surface area contributed by atoms with Crippen molar-refractivity contribution in [3.8, 4) is 0 Å². The van der Waals surface area contributed by atoms with Crippen LogP contribution in [0, 0.1) is 0 Å². The van der Waals surface area contributed by atoms with Crippen LogP contribution in [0.1, 0.15) is 23.1 Å². The highest BCUT2D eigenvalue weighted by molar-refractivity contribution is 5.85. The van der Waals surface area contributed by atoms with E-state index in [9.17, 15) is 4.79 Å². The predicted molar refractivity (Wildman–Crippen MR) is 126 cm³/mol. The standard InChI is InChI=1S/C25H31N5O/c1-30(2)24(31)17-28-25(29-21-12-11-18-7-3-4-8-19(18)15-21)26-14-13-20-16-27-23-10-6-5-9-22(20)23/h3-10,16,21,27H,11-15,17H2,1-2H3,(H2,26,28,29). The number of fused-ring (bicyclic) bond motifs is 2. The topological polar surface area (TPSA) is 72.5 Å². The van der Waals surface area contributed by atoms with Crippen LogP contribution in [0.4, 0.5) is 0 Å². The molecule has 1 amide bonds. The Morgan fingerprint density at radius 1 is 1.13 bits per heavy atom. The molecule has 1 aliphatic rings. The summed E-state index contributed by atoms with van der Waals surface area (Å²) in [5.74, 6) is 0.700. The molecule has 1 aliphatic carbocycles. The molecule has 6 nitrogen and oxygen atoms in total. The van der Waals surface area contributed by atoms with E-state index >= 15 is 0 Å². The minimum absolute atomic E-state index is 0.00767. The molecule has 1 unspecified atom stereocenters. The highest BCUT2D eigenvalue weighted by Crippen LogP contribution is 2.21. The number of likely N-dealkylation sites (N-methyl/N-ethyl adjacent to an activating group) is 1. The van der Waals surface area contributed by atoms with Gasteiger partial charge >= 0.3 is 0 Å². The summed E-state index contributed by atoms with van der Waals surface area (Å²) in [6.45, 7) is 0.881. The number of nitrogens with one attached hydrogen (secondary N) is 3. The molecule has 0 fully saturated rings. The van der Waals surface area contributed by atoms with Crippen molar-refractivity contribution in [2.24, 2.45) is 4.99 Å². The van der Waals surface area contributed by atoms with Crippen molar-refractivity contribution >= 4 is 22.8 Å². The molecule has 1 atom stereocenters. The van der Waals surface area contributed by atoms with Crippen LogP contribution >= 0.6 is 0 Å². The van der Waals surface area contributed by atoms with E-state index in [1.807, 2.05) is 6.07 Å². The van der Waals surface area contributed by atoms with E-state index < -0.39 is 0 Å². The second kappa shape index (κ2) is 9.69. The van der Waals surface area contributed by atoms with Crippen molar-refractivity contribution in [2.45, 2.75) is 31.7 Å². The molecular weight excluding hydrogens is 386 g/mol. The van der Waals surface area contributed by atoms with Crippen molar-refractivity contribution in [3.63, 3.8) is 0 Å². The number of aliphatic imine (C=N–C) groups is 1. The van der Waals surface area contributed by atoms with E-state index in [2.05, 4.69) is 69.3 Å². The van der Waals surface area contributed by atoms with E-state index in [4.69, 9.17) is 0 Å². The molecule has 162 valence electrons. The Kier molecular flexibility index (Phi) is 6.55. The van der Waals surface area contributed by atoms with E-state index in [-0.39, 0.29) is 12.5 Å². The quantitative estimate of drug-likeness (QED) is 0.427. The molecule has 0 aliphatic heterocycles. The molecule has 0 spiro atoms. The zero-order chi connectivity index (χ0) is 21.6. The average molecular weight is 418 g/mol. The van der Waals surface area contributed by atoms with Gasteiger partial charge in [0.25, 0.3) is 0 Å². The molecule has 0 saturated heterocycles. The summed E-state index contributed by atoms with van der Waals surface area (Å²) in [6.07, 6.45) is 6.04. The number of guanidine groups is 1. The number of nitrogens with zero attached hydrogens (tertiary/aromatic N) is 2. The molecule has 0 radical (unpaired) electrons. The van der Waals surface area contributed by atoms with Gasteiger partial charge in [-0.15, -0.1) is 0 Å². The summed E-state index contributed by atoms with van der Waals surface area (Å²) in [4.78, 5) is 21.5. The fourth-order valence-corrected chi connectivity index (χ4v) is 4.11. The lowest BCUT2D eigenvalue weighted by atomic mass is 9.88. The van der Waals surface area contributed by atoms with Gasteiger partial charge in [0.1, 0.15) is 6.54 Å². The number of carbonyl (C=O) groups excluding carboxylic acids is 1. The third kappa shape index (κ3) is 5.26. The number of amides is 1. The molecule has 1 heterocycles. The Bertz CT molecular complexity index is 1070. The zero-order valence-electron chi connectivity index (χ0n) is 18.3. The van der Waals surface area contributed by atoms with Crippen molar-refractivity contribution in [1.82, 2.24) is 20.5 Å². The lowest BCUT2D eigenvalue weighted by Crippen LogP contribution is -2.46. The number of rotatable bonds is 6. The number of carbonyl (C=O) groups is 1. The lowest BCUT2D eigenvalue weighted by molar-refractivity contribution is -0.127. The van der Waals surface area contributed by atoms with Crippen LogP contribution in [-0.4, -0.2) is 55.0 Å². The maximum atomic E-state index is 12.1. The minimum atomic E-state index is -0.00767. The number of aromatic amines is 1. The molecule has 1 aromatic heterocycles. The van der Waals surface area contributed by atoms with Crippen molar-refractivity contribution in [2.75, 3.05) is 27.2 Å². The number of aromatic nitrogens is 1. The summed E-state index contributed by atoms with van der Waals surface area (Å²) in [5.41, 5.74) is 5.27. The van der Waals surface area contributed by atoms with Gasteiger partial charge < -0.3 is 20.5 Å². The summed E-state index contributed by atoms with van der Waals surface area (Å²) in [7, 11) is 3.51. The second-order valence-corrected chi connectivity index (χ2v) is 8.34. The third-order valence-electron chi connectivity index (χ3n) is 5.92. The van der Waals surface area contributed by atoms with Crippen molar-refractivity contribution in [3.05, 3.63) is 71.4 Å². The molecule has 31 heavy (non-hydrogen) atoms. The Balaban J connectivity index is 1.40. The Morgan fingerprint density at radius 3 is 2.74 bits per heavy atom. The van der Waals surface area contributed by atoms with Gasteiger partial charge in [-0.1, -0.05) is 42.5 Å². The number of benzene rings is 2. The van der Waals surface area contributed by atoms with Crippen LogP contribution in [0.5, 0.6) is 0 Å². The first-order chi connectivity index (χ1) is 15.1. The van der Waals surface area contributed by atoms with Gasteiger partial charge in [0.05, 0.1) is 0 Å². The molecule has 0 saturated carbocycles. The number of aryl methyl sites for hydroxylation is 1. The summed E-state index contributed by atoms with van der Waals surface area (Å²) >= 11 is 0. The van der Waals surface area contributed by atoms with E-state index in [1.165, 1.54) is 22.1 Å². The van der Waals surface area contributed by atoms with Crippen LogP contribution in [-0.2, 0) is 24.1 Å². The number of hydrogen-bond donors (Lipinski definition) is 3. The Hall–Kier alpha value is -3.28. The first kappa shape index (κ1) is 21.0. The van der Waals surface area contributed by atoms with Crippen LogP contribution in [0.2, 0.25) is 0 Å². The molecule has 4 rings (SSSR count). The molecule has 3 N–H and O–H groups in total. The maximum absolute atomic E-state index is 12.1. The maximum Gasteiger partial charge on any atom is 0.243 e. The summed E-state index contributed by atoms with van der Waals surface area (Å²) in [6, 6.07) is 17.3. The van der Waals surface area contributed by atoms with E-state index in [0.29, 0.717) is 12.0 Å². The Morgan fingerprint density at radius 2 is 1.90 bits per heavy atom. The second-order valence-electron chi connectivity index (χ2n) is 8.34. The number of para-hydroxylation sites is 1. The van der Waals surface area contributed by atoms with E-state index in [1.54, 1.807) is 19.0 Å². The van der Waals surface area contributed by atoms with Crippen LogP contribution in [0.15, 0.2) is 59.7 Å². The van der Waals surface area contributed by atoms with Gasteiger partial charge in [-0.3, -0.25) is 4.79 Å². The summed E-state index contributed by atoms with van der Waals surface area (Å²) < 4.78 is 0. The Labute approximate surface area is 183 Å². The molecule has 0 bridgehead atoms. The molecular formula is C25H31N5O. The fraction of sp³-hybridized carbons (Fsp3) is 0.360. The van der Waals surface area contributed by atoms with Gasteiger partial charge in [-0.05, 0) is 48.4 Å². The molecule has 3 aromatic rings. The highest BCUT2D eigenvalue weighted by Gasteiger charge is 2.19. The van der Waals surface area contributed by atoms with Gasteiger partial charge in [0.2, 0.25) is 5.91 Å².